The fourth-order valence-corrected chi connectivity index (χ4v) is 4.30. The molecule has 0 bridgehead atoms. The van der Waals surface area contributed by atoms with Gasteiger partial charge in [-0.3, -0.25) is 9.59 Å². The van der Waals surface area contributed by atoms with E-state index in [1.54, 1.807) is 36.2 Å². The standard InChI is InChI=1S/C26H26F2N2O2S/c1-29-26(32)24(15-19-5-3-2-4-6-19)30(16-20-7-11-22(27)12-8-20)25(31)18-33-17-21-9-13-23(28)14-10-21/h2-14,24H,15-18H2,1H3,(H,29,32)/t24-/m0/s1. The van der Waals surface area contributed by atoms with Gasteiger partial charge in [0.25, 0.3) is 0 Å². The summed E-state index contributed by atoms with van der Waals surface area (Å²) in [7, 11) is 1.55. The Bertz CT molecular complexity index is 1040. The molecule has 0 saturated heterocycles. The van der Waals surface area contributed by atoms with E-state index in [1.807, 2.05) is 30.3 Å². The van der Waals surface area contributed by atoms with Crippen molar-refractivity contribution in [1.82, 2.24) is 10.2 Å². The number of benzene rings is 3. The summed E-state index contributed by atoms with van der Waals surface area (Å²) in [5.74, 6) is -0.437. The van der Waals surface area contributed by atoms with Crippen LogP contribution in [-0.4, -0.2) is 35.6 Å². The SMILES string of the molecule is CNC(=O)[C@H](Cc1ccccc1)N(Cc1ccc(F)cc1)C(=O)CSCc1ccc(F)cc1. The molecule has 3 rings (SSSR count). The molecule has 0 radical (unpaired) electrons. The molecule has 172 valence electrons. The van der Waals surface area contributed by atoms with Crippen LogP contribution < -0.4 is 5.32 Å². The van der Waals surface area contributed by atoms with Crippen molar-refractivity contribution in [3.05, 3.63) is 107 Å². The van der Waals surface area contributed by atoms with Gasteiger partial charge in [0.2, 0.25) is 11.8 Å². The topological polar surface area (TPSA) is 49.4 Å². The van der Waals surface area contributed by atoms with Gasteiger partial charge in [-0.05, 0) is 41.0 Å². The minimum absolute atomic E-state index is 0.154. The molecule has 0 aliphatic rings. The predicted molar refractivity (Wildman–Crippen MR) is 128 cm³/mol. The maximum absolute atomic E-state index is 13.4. The van der Waals surface area contributed by atoms with E-state index in [1.165, 1.54) is 36.0 Å². The van der Waals surface area contributed by atoms with Gasteiger partial charge >= 0.3 is 0 Å². The van der Waals surface area contributed by atoms with Gasteiger partial charge in [0.15, 0.2) is 0 Å². The summed E-state index contributed by atoms with van der Waals surface area (Å²) in [4.78, 5) is 27.7. The van der Waals surface area contributed by atoms with Crippen LogP contribution in [0, 0.1) is 11.6 Å². The van der Waals surface area contributed by atoms with Gasteiger partial charge in [-0.1, -0.05) is 54.6 Å². The molecular weight excluding hydrogens is 442 g/mol. The molecule has 0 spiro atoms. The van der Waals surface area contributed by atoms with Crippen LogP contribution in [0.2, 0.25) is 0 Å². The second-order valence-corrected chi connectivity index (χ2v) is 8.57. The molecule has 33 heavy (non-hydrogen) atoms. The minimum atomic E-state index is -0.721. The number of nitrogens with zero attached hydrogens (tertiary/aromatic N) is 1. The van der Waals surface area contributed by atoms with Gasteiger partial charge < -0.3 is 10.2 Å². The normalized spacial score (nSPS) is 11.6. The van der Waals surface area contributed by atoms with Crippen molar-refractivity contribution in [2.45, 2.75) is 24.8 Å². The fraction of sp³-hybridized carbons (Fsp3) is 0.231. The number of likely N-dealkylation sites (N-methyl/N-ethyl adjacent to an activating group) is 1. The third kappa shape index (κ3) is 7.43. The highest BCUT2D eigenvalue weighted by Crippen LogP contribution is 2.19. The highest BCUT2D eigenvalue weighted by molar-refractivity contribution is 7.99. The lowest BCUT2D eigenvalue weighted by Gasteiger charge is -2.31. The molecule has 0 aromatic heterocycles. The Kier molecular flexibility index (Phi) is 9.01. The van der Waals surface area contributed by atoms with Crippen LogP contribution in [0.5, 0.6) is 0 Å². The third-order valence-corrected chi connectivity index (χ3v) is 6.18. The number of rotatable bonds is 10. The molecule has 0 fully saturated rings. The molecule has 2 amide bonds. The summed E-state index contributed by atoms with van der Waals surface area (Å²) in [5, 5.41) is 2.67. The Morgan fingerprint density at radius 1 is 0.848 bits per heavy atom. The van der Waals surface area contributed by atoms with E-state index < -0.39 is 6.04 Å². The van der Waals surface area contributed by atoms with E-state index in [0.717, 1.165) is 16.7 Å². The Hall–Kier alpha value is -3.19. The maximum atomic E-state index is 13.4. The van der Waals surface area contributed by atoms with E-state index in [2.05, 4.69) is 5.32 Å². The van der Waals surface area contributed by atoms with E-state index in [-0.39, 0.29) is 35.7 Å². The highest BCUT2D eigenvalue weighted by atomic mass is 32.2. The number of carbonyl (C=O) groups excluding carboxylic acids is 2. The number of hydrogen-bond acceptors (Lipinski definition) is 3. The third-order valence-electron chi connectivity index (χ3n) is 5.19. The number of amides is 2. The lowest BCUT2D eigenvalue weighted by molar-refractivity contribution is -0.139. The Balaban J connectivity index is 1.79. The van der Waals surface area contributed by atoms with Crippen LogP contribution >= 0.6 is 11.8 Å². The molecule has 0 saturated carbocycles. The molecule has 7 heteroatoms. The summed E-state index contributed by atoms with van der Waals surface area (Å²) >= 11 is 1.40. The zero-order valence-electron chi connectivity index (χ0n) is 18.3. The number of hydrogen-bond donors (Lipinski definition) is 1. The first-order valence-corrected chi connectivity index (χ1v) is 11.7. The summed E-state index contributed by atoms with van der Waals surface area (Å²) in [6, 6.07) is 20.8. The average molecular weight is 469 g/mol. The van der Waals surface area contributed by atoms with Crippen molar-refractivity contribution >= 4 is 23.6 Å². The molecule has 0 aliphatic carbocycles. The van der Waals surface area contributed by atoms with Crippen LogP contribution in [0.25, 0.3) is 0 Å². The Morgan fingerprint density at radius 3 is 2.00 bits per heavy atom. The zero-order chi connectivity index (χ0) is 23.6. The van der Waals surface area contributed by atoms with Gasteiger partial charge in [-0.15, -0.1) is 11.8 Å². The van der Waals surface area contributed by atoms with Gasteiger partial charge in [-0.25, -0.2) is 8.78 Å². The van der Waals surface area contributed by atoms with E-state index >= 15 is 0 Å². The first-order chi connectivity index (χ1) is 16.0. The molecule has 3 aromatic rings. The van der Waals surface area contributed by atoms with Crippen molar-refractivity contribution < 1.29 is 18.4 Å². The van der Waals surface area contributed by atoms with Crippen LogP contribution in [0.1, 0.15) is 16.7 Å². The summed E-state index contributed by atoms with van der Waals surface area (Å²) in [6.07, 6.45) is 0.357. The van der Waals surface area contributed by atoms with E-state index in [0.29, 0.717) is 12.2 Å². The summed E-state index contributed by atoms with van der Waals surface area (Å²) < 4.78 is 26.5. The van der Waals surface area contributed by atoms with Crippen molar-refractivity contribution in [3.8, 4) is 0 Å². The summed E-state index contributed by atoms with van der Waals surface area (Å²) in [6.45, 7) is 0.182. The lowest BCUT2D eigenvalue weighted by atomic mass is 10.0. The molecule has 1 N–H and O–H groups in total. The van der Waals surface area contributed by atoms with Gasteiger partial charge in [-0.2, -0.15) is 0 Å². The van der Waals surface area contributed by atoms with Gasteiger partial charge in [0.05, 0.1) is 5.75 Å². The van der Waals surface area contributed by atoms with E-state index in [9.17, 15) is 18.4 Å². The quantitative estimate of drug-likeness (QED) is 0.474. The molecule has 0 unspecified atom stereocenters. The van der Waals surface area contributed by atoms with Crippen LogP contribution in [0.15, 0.2) is 78.9 Å². The van der Waals surface area contributed by atoms with Crippen LogP contribution in [0.4, 0.5) is 8.78 Å². The lowest BCUT2D eigenvalue weighted by Crippen LogP contribution is -2.50. The molecule has 0 heterocycles. The smallest absolute Gasteiger partial charge is 0.242 e. The Labute approximate surface area is 197 Å². The van der Waals surface area contributed by atoms with Crippen molar-refractivity contribution in [3.63, 3.8) is 0 Å². The van der Waals surface area contributed by atoms with Crippen LogP contribution in [0.3, 0.4) is 0 Å². The second-order valence-electron chi connectivity index (χ2n) is 7.59. The number of carbonyl (C=O) groups is 2. The average Bonchev–Trinajstić information content (AvgIpc) is 2.83. The molecule has 0 aliphatic heterocycles. The predicted octanol–water partition coefficient (Wildman–Crippen LogP) is 4.58. The first kappa shape index (κ1) is 24.5. The van der Waals surface area contributed by atoms with Crippen LogP contribution in [-0.2, 0) is 28.3 Å². The van der Waals surface area contributed by atoms with Gasteiger partial charge in [0.1, 0.15) is 17.7 Å². The number of nitrogens with one attached hydrogen (secondary N) is 1. The molecule has 1 atom stereocenters. The minimum Gasteiger partial charge on any atom is -0.357 e. The van der Waals surface area contributed by atoms with E-state index in [4.69, 9.17) is 0 Å². The highest BCUT2D eigenvalue weighted by Gasteiger charge is 2.29. The zero-order valence-corrected chi connectivity index (χ0v) is 19.2. The Morgan fingerprint density at radius 2 is 1.42 bits per heavy atom. The van der Waals surface area contributed by atoms with Crippen molar-refractivity contribution in [1.29, 1.82) is 0 Å². The second kappa shape index (κ2) is 12.2. The largest absolute Gasteiger partial charge is 0.357 e. The van der Waals surface area contributed by atoms with Crippen molar-refractivity contribution in [2.24, 2.45) is 0 Å². The molecule has 3 aromatic carbocycles. The number of halogens is 2. The van der Waals surface area contributed by atoms with Gasteiger partial charge in [0, 0.05) is 25.8 Å². The van der Waals surface area contributed by atoms with Crippen molar-refractivity contribution in [2.75, 3.05) is 12.8 Å². The monoisotopic (exact) mass is 468 g/mol. The first-order valence-electron chi connectivity index (χ1n) is 10.6. The summed E-state index contributed by atoms with van der Waals surface area (Å²) in [5.41, 5.74) is 2.57. The molecular formula is C26H26F2N2O2S. The number of thioether (sulfide) groups is 1. The maximum Gasteiger partial charge on any atom is 0.242 e. The fourth-order valence-electron chi connectivity index (χ4n) is 3.43. The molecule has 4 nitrogen and oxygen atoms in total.